The zero-order valence-electron chi connectivity index (χ0n) is 14.4. The van der Waals surface area contributed by atoms with Gasteiger partial charge >= 0.3 is 0 Å². The highest BCUT2D eigenvalue weighted by atomic mass is 16.8. The summed E-state index contributed by atoms with van der Waals surface area (Å²) in [7, 11) is 0. The van der Waals surface area contributed by atoms with Crippen LogP contribution in [-0.2, 0) is 9.57 Å². The first-order valence-corrected chi connectivity index (χ1v) is 8.84. The minimum absolute atomic E-state index is 0.296. The lowest BCUT2D eigenvalue weighted by molar-refractivity contribution is -0.186. The molecule has 2 heterocycles. The number of hydrogen-bond donors (Lipinski definition) is 1. The van der Waals surface area contributed by atoms with Crippen molar-refractivity contribution in [3.8, 4) is 11.3 Å². The number of para-hydroxylation sites is 1. The summed E-state index contributed by atoms with van der Waals surface area (Å²) < 4.78 is 5.50. The fourth-order valence-electron chi connectivity index (χ4n) is 3.10. The van der Waals surface area contributed by atoms with E-state index in [0.717, 1.165) is 41.4 Å². The van der Waals surface area contributed by atoms with Gasteiger partial charge in [-0.05, 0) is 25.0 Å². The quantitative estimate of drug-likeness (QED) is 0.722. The van der Waals surface area contributed by atoms with Gasteiger partial charge in [0.1, 0.15) is 0 Å². The molecule has 26 heavy (non-hydrogen) atoms. The van der Waals surface area contributed by atoms with E-state index in [4.69, 9.17) is 14.6 Å². The van der Waals surface area contributed by atoms with Crippen molar-refractivity contribution in [2.45, 2.75) is 25.6 Å². The van der Waals surface area contributed by atoms with Crippen LogP contribution in [0.25, 0.3) is 22.2 Å². The number of rotatable bonds is 4. The largest absolute Gasteiger partial charge is 0.350 e. The minimum atomic E-state index is -0.380. The number of ether oxygens (including phenoxy) is 1. The number of hydroxylamine groups is 1. The molecule has 3 aromatic rings. The Hall–Kier alpha value is -2.76. The summed E-state index contributed by atoms with van der Waals surface area (Å²) in [6.45, 7) is 0.664. The fraction of sp³-hybridized carbons (Fsp3) is 0.238. The van der Waals surface area contributed by atoms with Crippen LogP contribution in [-0.4, -0.2) is 23.8 Å². The Bertz CT molecular complexity index is 906. The summed E-state index contributed by atoms with van der Waals surface area (Å²) in [5.74, 6) is -0.296. The Balaban J connectivity index is 1.65. The Morgan fingerprint density at radius 3 is 2.69 bits per heavy atom. The first-order chi connectivity index (χ1) is 12.8. The lowest BCUT2D eigenvalue weighted by Gasteiger charge is -2.22. The Labute approximate surface area is 151 Å². The topological polar surface area (TPSA) is 60.5 Å². The van der Waals surface area contributed by atoms with Crippen LogP contribution in [0.3, 0.4) is 0 Å². The van der Waals surface area contributed by atoms with E-state index in [1.807, 2.05) is 54.6 Å². The van der Waals surface area contributed by atoms with E-state index in [1.165, 1.54) is 0 Å². The van der Waals surface area contributed by atoms with Gasteiger partial charge < -0.3 is 4.74 Å². The zero-order chi connectivity index (χ0) is 17.8. The summed E-state index contributed by atoms with van der Waals surface area (Å²) in [4.78, 5) is 22.9. The van der Waals surface area contributed by atoms with Gasteiger partial charge in [-0.1, -0.05) is 48.5 Å². The summed E-state index contributed by atoms with van der Waals surface area (Å²) in [5.41, 5.74) is 5.57. The van der Waals surface area contributed by atoms with Gasteiger partial charge in [0, 0.05) is 24.0 Å². The third kappa shape index (κ3) is 3.59. The number of nitrogens with zero attached hydrogens (tertiary/aromatic N) is 1. The van der Waals surface area contributed by atoms with Crippen LogP contribution in [0.5, 0.6) is 0 Å². The number of nitrogens with one attached hydrogen (secondary N) is 1. The predicted octanol–water partition coefficient (Wildman–Crippen LogP) is 4.09. The van der Waals surface area contributed by atoms with Crippen LogP contribution in [0.1, 0.15) is 29.6 Å². The molecule has 132 valence electrons. The number of carbonyl (C=O) groups excluding carboxylic acids is 1. The van der Waals surface area contributed by atoms with Crippen LogP contribution < -0.4 is 5.48 Å². The van der Waals surface area contributed by atoms with Gasteiger partial charge in [-0.2, -0.15) is 0 Å². The van der Waals surface area contributed by atoms with Crippen molar-refractivity contribution in [1.82, 2.24) is 10.5 Å². The second kappa shape index (κ2) is 7.64. The average Bonchev–Trinajstić information content (AvgIpc) is 2.72. The highest BCUT2D eigenvalue weighted by Crippen LogP contribution is 2.25. The molecule has 4 rings (SSSR count). The van der Waals surface area contributed by atoms with E-state index in [9.17, 15) is 4.79 Å². The van der Waals surface area contributed by atoms with Crippen molar-refractivity contribution < 1.29 is 14.4 Å². The molecule has 5 nitrogen and oxygen atoms in total. The van der Waals surface area contributed by atoms with Crippen LogP contribution >= 0.6 is 0 Å². The Morgan fingerprint density at radius 2 is 1.88 bits per heavy atom. The smallest absolute Gasteiger partial charge is 0.275 e. The Morgan fingerprint density at radius 1 is 1.08 bits per heavy atom. The highest BCUT2D eigenvalue weighted by molar-refractivity contribution is 6.06. The molecule has 0 radical (unpaired) electrons. The average molecular weight is 348 g/mol. The molecule has 0 saturated carbocycles. The van der Waals surface area contributed by atoms with Gasteiger partial charge in [0.2, 0.25) is 0 Å². The van der Waals surface area contributed by atoms with Crippen molar-refractivity contribution in [2.24, 2.45) is 0 Å². The van der Waals surface area contributed by atoms with E-state index >= 15 is 0 Å². The SMILES string of the molecule is O=C(NOC1CCCCO1)c1cc(-c2ccccc2)nc2ccccc12. The molecule has 1 aliphatic heterocycles. The van der Waals surface area contributed by atoms with Gasteiger partial charge in [-0.15, -0.1) is 0 Å². The number of aromatic nitrogens is 1. The number of hydrogen-bond acceptors (Lipinski definition) is 4. The van der Waals surface area contributed by atoms with Crippen LogP contribution in [0, 0.1) is 0 Å². The van der Waals surface area contributed by atoms with Crippen molar-refractivity contribution >= 4 is 16.8 Å². The molecule has 1 aromatic heterocycles. The maximum Gasteiger partial charge on any atom is 0.275 e. The number of amides is 1. The standard InChI is InChI=1S/C21H20N2O3/c24-21(23-26-20-12-6-7-13-25-20)17-14-19(15-8-2-1-3-9-15)22-18-11-5-4-10-16(17)18/h1-5,8-11,14,20H,6-7,12-13H2,(H,23,24). The number of fused-ring (bicyclic) bond motifs is 1. The molecule has 1 aliphatic rings. The van der Waals surface area contributed by atoms with E-state index in [0.29, 0.717) is 12.2 Å². The fourth-order valence-corrected chi connectivity index (χ4v) is 3.10. The lowest BCUT2D eigenvalue weighted by atomic mass is 10.0. The van der Waals surface area contributed by atoms with Gasteiger partial charge in [-0.3, -0.25) is 4.79 Å². The molecular formula is C21H20N2O3. The normalized spacial score (nSPS) is 17.2. The Kier molecular flexibility index (Phi) is 4.91. The molecular weight excluding hydrogens is 328 g/mol. The lowest BCUT2D eigenvalue weighted by Crippen LogP contribution is -2.33. The van der Waals surface area contributed by atoms with E-state index in [1.54, 1.807) is 6.07 Å². The second-order valence-electron chi connectivity index (χ2n) is 6.28. The highest BCUT2D eigenvalue weighted by Gasteiger charge is 2.18. The summed E-state index contributed by atoms with van der Waals surface area (Å²) in [5, 5.41) is 0.790. The molecule has 0 aliphatic carbocycles. The molecule has 1 atom stereocenters. The maximum atomic E-state index is 12.8. The van der Waals surface area contributed by atoms with E-state index in [-0.39, 0.29) is 12.2 Å². The minimum Gasteiger partial charge on any atom is -0.350 e. The maximum absolute atomic E-state index is 12.8. The molecule has 1 saturated heterocycles. The third-order valence-corrected chi connectivity index (χ3v) is 4.45. The van der Waals surface area contributed by atoms with Crippen LogP contribution in [0.4, 0.5) is 0 Å². The number of benzene rings is 2. The monoisotopic (exact) mass is 348 g/mol. The third-order valence-electron chi connectivity index (χ3n) is 4.45. The summed E-state index contributed by atoms with van der Waals surface area (Å²) in [6, 6.07) is 19.2. The van der Waals surface area contributed by atoms with Crippen molar-refractivity contribution in [2.75, 3.05) is 6.61 Å². The number of carbonyl (C=O) groups is 1. The van der Waals surface area contributed by atoms with Crippen LogP contribution in [0.15, 0.2) is 60.7 Å². The van der Waals surface area contributed by atoms with Crippen molar-refractivity contribution in [1.29, 1.82) is 0 Å². The second-order valence-corrected chi connectivity index (χ2v) is 6.28. The first kappa shape index (κ1) is 16.7. The molecule has 0 spiro atoms. The summed E-state index contributed by atoms with van der Waals surface area (Å²) in [6.07, 6.45) is 2.47. The van der Waals surface area contributed by atoms with Gasteiger partial charge in [-0.25, -0.2) is 15.3 Å². The molecule has 1 unspecified atom stereocenters. The zero-order valence-corrected chi connectivity index (χ0v) is 14.4. The van der Waals surface area contributed by atoms with Crippen molar-refractivity contribution in [3.63, 3.8) is 0 Å². The molecule has 2 aromatic carbocycles. The van der Waals surface area contributed by atoms with Gasteiger partial charge in [0.05, 0.1) is 16.8 Å². The molecule has 5 heteroatoms. The first-order valence-electron chi connectivity index (χ1n) is 8.84. The van der Waals surface area contributed by atoms with Crippen molar-refractivity contribution in [3.05, 3.63) is 66.2 Å². The molecule has 1 amide bonds. The van der Waals surface area contributed by atoms with Crippen LogP contribution in [0.2, 0.25) is 0 Å². The van der Waals surface area contributed by atoms with Gasteiger partial charge in [0.15, 0.2) is 6.29 Å². The molecule has 1 N–H and O–H groups in total. The van der Waals surface area contributed by atoms with E-state index in [2.05, 4.69) is 5.48 Å². The van der Waals surface area contributed by atoms with E-state index < -0.39 is 0 Å². The predicted molar refractivity (Wildman–Crippen MR) is 99.3 cm³/mol. The summed E-state index contributed by atoms with van der Waals surface area (Å²) >= 11 is 0. The number of pyridine rings is 1. The molecule has 1 fully saturated rings. The molecule has 0 bridgehead atoms. The van der Waals surface area contributed by atoms with Gasteiger partial charge in [0.25, 0.3) is 5.91 Å².